The molecular formula is C30H23NO6S. The molecule has 0 fully saturated rings. The summed E-state index contributed by atoms with van der Waals surface area (Å²) in [5, 5.41) is 0.328. The van der Waals surface area contributed by atoms with Crippen molar-refractivity contribution >= 4 is 38.6 Å². The quantitative estimate of drug-likeness (QED) is 0.231. The van der Waals surface area contributed by atoms with E-state index in [1.54, 1.807) is 73.7 Å². The number of carbonyl (C=O) groups excluding carboxylic acids is 2. The molecule has 0 aliphatic rings. The van der Waals surface area contributed by atoms with Gasteiger partial charge in [-0.3, -0.25) is 4.79 Å². The highest BCUT2D eigenvalue weighted by Crippen LogP contribution is 2.37. The lowest BCUT2D eigenvalue weighted by Crippen LogP contribution is -2.37. The van der Waals surface area contributed by atoms with E-state index in [2.05, 4.69) is 0 Å². The van der Waals surface area contributed by atoms with E-state index in [0.717, 1.165) is 4.31 Å². The minimum Gasteiger partial charge on any atom is -0.462 e. The summed E-state index contributed by atoms with van der Waals surface area (Å²) < 4.78 is 39.8. The molecule has 1 amide bonds. The van der Waals surface area contributed by atoms with Gasteiger partial charge in [-0.2, -0.15) is 4.31 Å². The highest BCUT2D eigenvalue weighted by atomic mass is 32.2. The fraction of sp³-hybridized carbons (Fsp3) is 0.0667. The van der Waals surface area contributed by atoms with E-state index in [1.807, 2.05) is 18.2 Å². The van der Waals surface area contributed by atoms with Crippen molar-refractivity contribution in [3.8, 4) is 11.3 Å². The van der Waals surface area contributed by atoms with Crippen LogP contribution in [-0.4, -0.2) is 26.9 Å². The smallest absolute Gasteiger partial charge is 0.342 e. The van der Waals surface area contributed by atoms with Crippen molar-refractivity contribution in [2.75, 3.05) is 10.9 Å². The molecule has 1 aromatic heterocycles. The fourth-order valence-corrected chi connectivity index (χ4v) is 5.60. The monoisotopic (exact) mass is 525 g/mol. The molecule has 0 aliphatic carbocycles. The second kappa shape index (κ2) is 10.4. The zero-order valence-corrected chi connectivity index (χ0v) is 21.2. The van der Waals surface area contributed by atoms with Gasteiger partial charge in [-0.25, -0.2) is 13.2 Å². The van der Waals surface area contributed by atoms with E-state index in [1.165, 1.54) is 24.3 Å². The van der Waals surface area contributed by atoms with E-state index in [4.69, 9.17) is 9.15 Å². The number of benzene rings is 4. The van der Waals surface area contributed by atoms with E-state index in [9.17, 15) is 18.0 Å². The van der Waals surface area contributed by atoms with E-state index in [-0.39, 0.29) is 28.3 Å². The first-order valence-electron chi connectivity index (χ1n) is 11.9. The summed E-state index contributed by atoms with van der Waals surface area (Å²) in [6.45, 7) is 1.83. The number of furan rings is 1. The maximum atomic E-state index is 13.8. The number of esters is 1. The topological polar surface area (TPSA) is 93.9 Å². The van der Waals surface area contributed by atoms with Crippen molar-refractivity contribution in [1.82, 2.24) is 0 Å². The molecule has 0 atom stereocenters. The van der Waals surface area contributed by atoms with Gasteiger partial charge >= 0.3 is 5.97 Å². The molecule has 0 spiro atoms. The van der Waals surface area contributed by atoms with Gasteiger partial charge in [-0.15, -0.1) is 0 Å². The fourth-order valence-electron chi connectivity index (χ4n) is 4.17. The third-order valence-electron chi connectivity index (χ3n) is 5.91. The van der Waals surface area contributed by atoms with Crippen molar-refractivity contribution in [3.63, 3.8) is 0 Å². The number of sulfonamides is 1. The van der Waals surface area contributed by atoms with Crippen LogP contribution in [0.5, 0.6) is 0 Å². The van der Waals surface area contributed by atoms with E-state index in [0.29, 0.717) is 22.3 Å². The number of ether oxygens (including phenoxy) is 1. The van der Waals surface area contributed by atoms with Gasteiger partial charge in [0.05, 0.1) is 17.2 Å². The van der Waals surface area contributed by atoms with Crippen molar-refractivity contribution < 1.29 is 27.2 Å². The molecule has 0 aliphatic heterocycles. The van der Waals surface area contributed by atoms with Gasteiger partial charge in [-0.1, -0.05) is 66.7 Å². The molecule has 5 aromatic rings. The summed E-state index contributed by atoms with van der Waals surface area (Å²) in [5.41, 5.74) is 1.40. The van der Waals surface area contributed by atoms with Gasteiger partial charge in [0.25, 0.3) is 15.9 Å². The molecule has 4 aromatic carbocycles. The van der Waals surface area contributed by atoms with Gasteiger partial charge < -0.3 is 9.15 Å². The lowest BCUT2D eigenvalue weighted by atomic mass is 10.1. The predicted octanol–water partition coefficient (Wildman–Crippen LogP) is 6.31. The Morgan fingerprint density at radius 3 is 2.05 bits per heavy atom. The molecule has 0 saturated heterocycles. The average molecular weight is 526 g/mol. The highest BCUT2D eigenvalue weighted by molar-refractivity contribution is 7.93. The van der Waals surface area contributed by atoms with Gasteiger partial charge in [-0.05, 0) is 49.4 Å². The average Bonchev–Trinajstić information content (AvgIpc) is 3.34. The Kier molecular flexibility index (Phi) is 6.81. The first-order chi connectivity index (χ1) is 18.4. The number of carbonyl (C=O) groups is 2. The lowest BCUT2D eigenvalue weighted by Gasteiger charge is -2.23. The van der Waals surface area contributed by atoms with Crippen molar-refractivity contribution in [3.05, 3.63) is 120 Å². The molecule has 0 unspecified atom stereocenters. The first-order valence-corrected chi connectivity index (χ1v) is 13.3. The molecule has 38 heavy (non-hydrogen) atoms. The van der Waals surface area contributed by atoms with Crippen LogP contribution in [0, 0.1) is 0 Å². The van der Waals surface area contributed by atoms with Gasteiger partial charge in [0, 0.05) is 16.5 Å². The van der Waals surface area contributed by atoms with Crippen molar-refractivity contribution in [1.29, 1.82) is 0 Å². The van der Waals surface area contributed by atoms with Crippen LogP contribution in [0.25, 0.3) is 22.3 Å². The second-order valence-corrected chi connectivity index (χ2v) is 10.1. The highest BCUT2D eigenvalue weighted by Gasteiger charge is 2.33. The van der Waals surface area contributed by atoms with Gasteiger partial charge in [0.15, 0.2) is 0 Å². The first kappa shape index (κ1) is 25.0. The second-order valence-electron chi connectivity index (χ2n) is 8.33. The lowest BCUT2D eigenvalue weighted by molar-refractivity contribution is 0.0528. The number of amides is 1. The molecule has 5 rings (SSSR count). The summed E-state index contributed by atoms with van der Waals surface area (Å²) in [6.07, 6.45) is 0. The van der Waals surface area contributed by atoms with Crippen molar-refractivity contribution in [2.45, 2.75) is 11.8 Å². The van der Waals surface area contributed by atoms with Crippen LogP contribution >= 0.6 is 0 Å². The Morgan fingerprint density at radius 2 is 1.42 bits per heavy atom. The van der Waals surface area contributed by atoms with Crippen LogP contribution in [-0.2, 0) is 14.8 Å². The molecule has 0 bridgehead atoms. The standard InChI is InChI=1S/C30H23NO6S/c1-2-36-30(33)27-25-20-23(18-19-26(25)37-28(27)21-12-6-3-7-13-21)31(29(32)22-14-8-4-9-15-22)38(34,35)24-16-10-5-11-17-24/h3-20H,2H2,1H3. The summed E-state index contributed by atoms with van der Waals surface area (Å²) >= 11 is 0. The van der Waals surface area contributed by atoms with Gasteiger partial charge in [0.1, 0.15) is 16.9 Å². The third kappa shape index (κ3) is 4.57. The summed E-state index contributed by atoms with van der Waals surface area (Å²) in [5.74, 6) is -1.06. The van der Waals surface area contributed by atoms with Crippen LogP contribution in [0.4, 0.5) is 5.69 Å². The predicted molar refractivity (Wildman–Crippen MR) is 144 cm³/mol. The van der Waals surface area contributed by atoms with E-state index < -0.39 is 21.9 Å². The van der Waals surface area contributed by atoms with Crippen molar-refractivity contribution in [2.24, 2.45) is 0 Å². The molecule has 7 nitrogen and oxygen atoms in total. The molecule has 0 saturated carbocycles. The Hall–Kier alpha value is -4.69. The third-order valence-corrected chi connectivity index (χ3v) is 7.63. The molecule has 0 radical (unpaired) electrons. The largest absolute Gasteiger partial charge is 0.462 e. The van der Waals surface area contributed by atoms with Crippen LogP contribution < -0.4 is 4.31 Å². The molecule has 1 heterocycles. The van der Waals surface area contributed by atoms with Crippen LogP contribution in [0.2, 0.25) is 0 Å². The zero-order chi connectivity index (χ0) is 26.7. The Bertz CT molecular complexity index is 1710. The van der Waals surface area contributed by atoms with Crippen LogP contribution in [0.1, 0.15) is 27.6 Å². The minimum absolute atomic E-state index is 0.0489. The van der Waals surface area contributed by atoms with Crippen LogP contribution in [0.3, 0.4) is 0 Å². The summed E-state index contributed by atoms with van der Waals surface area (Å²) in [7, 11) is -4.32. The maximum absolute atomic E-state index is 13.8. The number of hydrogen-bond donors (Lipinski definition) is 0. The summed E-state index contributed by atoms with van der Waals surface area (Å²) in [4.78, 5) is 26.7. The zero-order valence-electron chi connectivity index (χ0n) is 20.4. The molecular weight excluding hydrogens is 502 g/mol. The molecule has 190 valence electrons. The number of anilines is 1. The Morgan fingerprint density at radius 1 is 0.816 bits per heavy atom. The Labute approximate surface area is 219 Å². The molecule has 8 heteroatoms. The van der Waals surface area contributed by atoms with Gasteiger partial charge in [0.2, 0.25) is 0 Å². The van der Waals surface area contributed by atoms with Crippen LogP contribution in [0.15, 0.2) is 119 Å². The number of nitrogens with zero attached hydrogens (tertiary/aromatic N) is 1. The molecule has 0 N–H and O–H groups in total. The maximum Gasteiger partial charge on any atom is 0.342 e. The number of fused-ring (bicyclic) bond motifs is 1. The van der Waals surface area contributed by atoms with E-state index >= 15 is 0 Å². The summed E-state index contributed by atoms with van der Waals surface area (Å²) in [6, 6.07) is 29.4. The normalized spacial score (nSPS) is 11.3. The minimum atomic E-state index is -4.32. The Balaban J connectivity index is 1.74. The SMILES string of the molecule is CCOC(=O)c1c(-c2ccccc2)oc2ccc(N(C(=O)c3ccccc3)S(=O)(=O)c3ccccc3)cc12. The number of rotatable bonds is 7. The number of hydrogen-bond acceptors (Lipinski definition) is 6.